The second kappa shape index (κ2) is 12.6. The molecule has 6 heteroatoms. The van der Waals surface area contributed by atoms with Gasteiger partial charge in [0.25, 0.3) is 0 Å². The maximum atomic E-state index is 12.8. The van der Waals surface area contributed by atoms with E-state index >= 15 is 0 Å². The first-order chi connectivity index (χ1) is 18.7. The second-order valence-electron chi connectivity index (χ2n) is 10.5. The Morgan fingerprint density at radius 1 is 0.821 bits per heavy atom. The zero-order chi connectivity index (χ0) is 27.8. The maximum absolute atomic E-state index is 12.8. The van der Waals surface area contributed by atoms with Crippen LogP contribution in [0.15, 0.2) is 97.1 Å². The lowest BCUT2D eigenvalue weighted by atomic mass is 9.93. The topological polar surface area (TPSA) is 102 Å². The molecule has 1 atom stereocenters. The summed E-state index contributed by atoms with van der Waals surface area (Å²) in [4.78, 5) is 12.8. The summed E-state index contributed by atoms with van der Waals surface area (Å²) in [5.74, 6) is -0.223. The number of phenolic OH excluding ortho intramolecular Hbond substituents is 2. The Balaban J connectivity index is 1.32. The number of carbonyl (C=O) groups excluding carboxylic acids is 1. The lowest BCUT2D eigenvalue weighted by molar-refractivity contribution is -0.120. The molecule has 0 aliphatic rings. The van der Waals surface area contributed by atoms with Crippen molar-refractivity contribution in [1.82, 2.24) is 10.6 Å². The quantitative estimate of drug-likeness (QED) is 0.184. The van der Waals surface area contributed by atoms with Crippen molar-refractivity contribution in [2.45, 2.75) is 44.9 Å². The van der Waals surface area contributed by atoms with Crippen molar-refractivity contribution < 1.29 is 20.1 Å². The van der Waals surface area contributed by atoms with E-state index in [4.69, 9.17) is 0 Å². The van der Waals surface area contributed by atoms with Crippen LogP contribution in [-0.2, 0) is 24.2 Å². The number of aliphatic hydroxyl groups is 1. The number of hydrogen-bond donors (Lipinski definition) is 5. The Morgan fingerprint density at radius 3 is 2.23 bits per heavy atom. The van der Waals surface area contributed by atoms with Gasteiger partial charge in [-0.05, 0) is 65.8 Å². The first kappa shape index (κ1) is 27.9. The Kier molecular flexibility index (Phi) is 9.02. The number of phenols is 2. The third kappa shape index (κ3) is 8.18. The fraction of sp³-hybridized carbons (Fsp3) is 0.242. The third-order valence-electron chi connectivity index (χ3n) is 6.66. The smallest absolute Gasteiger partial charge is 0.224 e. The van der Waals surface area contributed by atoms with Crippen LogP contribution in [0.4, 0.5) is 0 Å². The van der Waals surface area contributed by atoms with Gasteiger partial charge in [0.05, 0.1) is 12.5 Å². The van der Waals surface area contributed by atoms with Crippen LogP contribution in [0.25, 0.3) is 11.1 Å². The number of nitrogens with one attached hydrogen (secondary N) is 2. The lowest BCUT2D eigenvalue weighted by Gasteiger charge is -2.28. The van der Waals surface area contributed by atoms with Gasteiger partial charge < -0.3 is 26.0 Å². The molecular formula is C33H36N2O4. The number of carbonyl (C=O) groups is 1. The van der Waals surface area contributed by atoms with E-state index in [2.05, 4.69) is 28.8 Å². The summed E-state index contributed by atoms with van der Waals surface area (Å²) in [6.07, 6.45) is 0.0872. The van der Waals surface area contributed by atoms with E-state index in [0.29, 0.717) is 18.5 Å². The van der Waals surface area contributed by atoms with Crippen LogP contribution >= 0.6 is 0 Å². The molecule has 202 valence electrons. The molecule has 0 unspecified atom stereocenters. The molecule has 0 aliphatic carbocycles. The zero-order valence-corrected chi connectivity index (χ0v) is 22.4. The van der Waals surface area contributed by atoms with E-state index in [-0.39, 0.29) is 35.9 Å². The average Bonchev–Trinajstić information content (AvgIpc) is 2.91. The van der Waals surface area contributed by atoms with Crippen molar-refractivity contribution in [1.29, 1.82) is 0 Å². The maximum Gasteiger partial charge on any atom is 0.224 e. The van der Waals surface area contributed by atoms with Crippen molar-refractivity contribution in [3.63, 3.8) is 0 Å². The Bertz CT molecular complexity index is 1380. The highest BCUT2D eigenvalue weighted by Crippen LogP contribution is 2.26. The number of rotatable bonds is 11. The van der Waals surface area contributed by atoms with Crippen LogP contribution < -0.4 is 10.6 Å². The summed E-state index contributed by atoms with van der Waals surface area (Å²) >= 11 is 0. The molecule has 0 aromatic heterocycles. The van der Waals surface area contributed by atoms with Gasteiger partial charge in [0.1, 0.15) is 11.5 Å². The third-order valence-corrected chi connectivity index (χ3v) is 6.66. The fourth-order valence-electron chi connectivity index (χ4n) is 4.74. The first-order valence-corrected chi connectivity index (χ1v) is 13.1. The molecule has 4 aromatic carbocycles. The molecule has 0 radical (unpaired) electrons. The fourth-order valence-corrected chi connectivity index (χ4v) is 4.74. The van der Waals surface area contributed by atoms with E-state index in [1.54, 1.807) is 0 Å². The highest BCUT2D eigenvalue weighted by molar-refractivity contribution is 5.79. The normalized spacial score (nSPS) is 12.2. The van der Waals surface area contributed by atoms with Gasteiger partial charge in [-0.3, -0.25) is 4.79 Å². The van der Waals surface area contributed by atoms with Crippen LogP contribution in [0.2, 0.25) is 0 Å². The van der Waals surface area contributed by atoms with Crippen molar-refractivity contribution in [3.05, 3.63) is 119 Å². The number of hydrogen-bond acceptors (Lipinski definition) is 5. The van der Waals surface area contributed by atoms with Crippen LogP contribution in [0, 0.1) is 0 Å². The Morgan fingerprint density at radius 2 is 1.49 bits per heavy atom. The van der Waals surface area contributed by atoms with Crippen LogP contribution in [0.5, 0.6) is 11.5 Å². The van der Waals surface area contributed by atoms with Gasteiger partial charge in [-0.2, -0.15) is 0 Å². The van der Waals surface area contributed by atoms with Gasteiger partial charge >= 0.3 is 0 Å². The van der Waals surface area contributed by atoms with Gasteiger partial charge in [0.2, 0.25) is 5.91 Å². The summed E-state index contributed by atoms with van der Waals surface area (Å²) < 4.78 is 0. The summed E-state index contributed by atoms with van der Waals surface area (Å²) in [7, 11) is 0. The molecule has 0 saturated heterocycles. The summed E-state index contributed by atoms with van der Waals surface area (Å²) in [6, 6.07) is 30.4. The van der Waals surface area contributed by atoms with E-state index in [1.807, 2.05) is 74.5 Å². The highest BCUT2D eigenvalue weighted by Gasteiger charge is 2.21. The van der Waals surface area contributed by atoms with Crippen molar-refractivity contribution in [3.8, 4) is 22.6 Å². The van der Waals surface area contributed by atoms with Gasteiger partial charge in [-0.1, -0.05) is 78.9 Å². The first-order valence-electron chi connectivity index (χ1n) is 13.1. The van der Waals surface area contributed by atoms with E-state index in [9.17, 15) is 20.1 Å². The SMILES string of the molecule is CC(C)(Cc1cccc(CC(=O)NCc2ccccc2-c2ccccc2)c1)NC[C@H](O)c1cc(O)cc(O)c1. The largest absolute Gasteiger partial charge is 0.508 e. The van der Waals surface area contributed by atoms with Crippen molar-refractivity contribution >= 4 is 5.91 Å². The van der Waals surface area contributed by atoms with E-state index < -0.39 is 6.10 Å². The molecule has 0 aliphatic heterocycles. The standard InChI is InChI=1S/C33H36N2O4/c1-33(2,35-22-31(38)27-17-28(36)19-29(37)18-27)20-24-10-8-9-23(15-24)16-32(39)34-21-26-13-6-7-14-30(26)25-11-4-3-5-12-25/h3-15,17-19,31,35-38H,16,20-22H2,1-2H3,(H,34,39)/t31-/m0/s1. The molecule has 5 N–H and O–H groups in total. The molecule has 4 rings (SSSR count). The minimum Gasteiger partial charge on any atom is -0.508 e. The number of aliphatic hydroxyl groups excluding tert-OH is 1. The number of amides is 1. The van der Waals surface area contributed by atoms with Crippen molar-refractivity contribution in [2.75, 3.05) is 6.54 Å². The van der Waals surface area contributed by atoms with Crippen LogP contribution in [0.3, 0.4) is 0 Å². The molecular weight excluding hydrogens is 488 g/mol. The van der Waals surface area contributed by atoms with Gasteiger partial charge in [-0.15, -0.1) is 0 Å². The molecule has 0 spiro atoms. The minimum absolute atomic E-state index is 0.0371. The molecule has 0 bridgehead atoms. The Hall–Kier alpha value is -4.13. The van der Waals surface area contributed by atoms with E-state index in [0.717, 1.165) is 27.8 Å². The van der Waals surface area contributed by atoms with Gasteiger partial charge in [0.15, 0.2) is 0 Å². The second-order valence-corrected chi connectivity index (χ2v) is 10.5. The van der Waals surface area contributed by atoms with Crippen LogP contribution in [0.1, 0.15) is 42.2 Å². The zero-order valence-electron chi connectivity index (χ0n) is 22.4. The van der Waals surface area contributed by atoms with Crippen LogP contribution in [-0.4, -0.2) is 33.3 Å². The molecule has 0 fully saturated rings. The summed E-state index contributed by atoms with van der Waals surface area (Å²) in [5.41, 5.74) is 5.42. The number of aromatic hydroxyl groups is 2. The van der Waals surface area contributed by atoms with Crippen molar-refractivity contribution in [2.24, 2.45) is 0 Å². The molecule has 39 heavy (non-hydrogen) atoms. The average molecular weight is 525 g/mol. The lowest BCUT2D eigenvalue weighted by Crippen LogP contribution is -2.43. The number of benzene rings is 4. The molecule has 1 amide bonds. The monoisotopic (exact) mass is 524 g/mol. The predicted octanol–water partition coefficient (Wildman–Crippen LogP) is 5.27. The predicted molar refractivity (Wildman–Crippen MR) is 154 cm³/mol. The van der Waals surface area contributed by atoms with E-state index in [1.165, 1.54) is 18.2 Å². The summed E-state index contributed by atoms with van der Waals surface area (Å²) in [6.45, 7) is 4.80. The molecule has 4 aromatic rings. The van der Waals surface area contributed by atoms with Gasteiger partial charge in [-0.25, -0.2) is 0 Å². The highest BCUT2D eigenvalue weighted by atomic mass is 16.3. The minimum atomic E-state index is -0.885. The Labute approximate surface area is 230 Å². The molecule has 0 heterocycles. The van der Waals surface area contributed by atoms with Gasteiger partial charge in [0, 0.05) is 24.7 Å². The summed E-state index contributed by atoms with van der Waals surface area (Å²) in [5, 5.41) is 36.3. The molecule has 6 nitrogen and oxygen atoms in total. The number of β-amino-alcohol motifs (C(OH)–C–C–N with tert-alkyl or cyclic N) is 1. The molecule has 0 saturated carbocycles.